The molecule has 4 heteroatoms. The van der Waals surface area contributed by atoms with Crippen molar-refractivity contribution in [1.29, 1.82) is 0 Å². The van der Waals surface area contributed by atoms with Crippen molar-refractivity contribution in [1.82, 2.24) is 5.32 Å². The second-order valence-electron chi connectivity index (χ2n) is 4.17. The van der Waals surface area contributed by atoms with Crippen molar-refractivity contribution in [3.8, 4) is 5.75 Å². The highest BCUT2D eigenvalue weighted by atomic mass is 16.5. The number of anilines is 1. The summed E-state index contributed by atoms with van der Waals surface area (Å²) in [6.45, 7) is 2.89. The van der Waals surface area contributed by atoms with Crippen LogP contribution < -0.4 is 15.4 Å². The zero-order valence-corrected chi connectivity index (χ0v) is 11.2. The second-order valence-corrected chi connectivity index (χ2v) is 4.17. The van der Waals surface area contributed by atoms with E-state index < -0.39 is 0 Å². The van der Waals surface area contributed by atoms with Crippen LogP contribution in [0.25, 0.3) is 0 Å². The maximum Gasteiger partial charge on any atom is 0.319 e. The molecule has 1 aromatic carbocycles. The molecule has 18 heavy (non-hydrogen) atoms. The molecule has 0 heterocycles. The molecule has 0 spiro atoms. The molecule has 2 amide bonds. The van der Waals surface area contributed by atoms with Crippen LogP contribution in [-0.4, -0.2) is 19.7 Å². The van der Waals surface area contributed by atoms with Crippen LogP contribution in [0.1, 0.15) is 32.6 Å². The quantitative estimate of drug-likeness (QED) is 0.729. The summed E-state index contributed by atoms with van der Waals surface area (Å²) in [6.07, 6.45) is 4.63. The van der Waals surface area contributed by atoms with Crippen molar-refractivity contribution >= 4 is 11.7 Å². The number of methoxy groups -OCH3 is 1. The predicted molar refractivity (Wildman–Crippen MR) is 74.2 cm³/mol. The van der Waals surface area contributed by atoms with Gasteiger partial charge in [-0.15, -0.1) is 0 Å². The Morgan fingerprint density at radius 1 is 1.17 bits per heavy atom. The average molecular weight is 250 g/mol. The molecule has 0 radical (unpaired) electrons. The monoisotopic (exact) mass is 250 g/mol. The van der Waals surface area contributed by atoms with E-state index in [9.17, 15) is 4.79 Å². The Morgan fingerprint density at radius 3 is 2.50 bits per heavy atom. The van der Waals surface area contributed by atoms with E-state index in [1.807, 2.05) is 24.3 Å². The normalized spacial score (nSPS) is 9.89. The fourth-order valence-corrected chi connectivity index (χ4v) is 1.60. The van der Waals surface area contributed by atoms with Crippen molar-refractivity contribution in [3.05, 3.63) is 24.3 Å². The zero-order chi connectivity index (χ0) is 13.2. The van der Waals surface area contributed by atoms with Gasteiger partial charge in [-0.1, -0.05) is 26.2 Å². The Morgan fingerprint density at radius 2 is 1.89 bits per heavy atom. The van der Waals surface area contributed by atoms with Crippen molar-refractivity contribution in [2.45, 2.75) is 32.6 Å². The SMILES string of the molecule is CCCCCCNC(=O)Nc1ccc(OC)cc1. The molecule has 0 saturated heterocycles. The van der Waals surface area contributed by atoms with Gasteiger partial charge in [0, 0.05) is 12.2 Å². The van der Waals surface area contributed by atoms with Crippen molar-refractivity contribution in [2.24, 2.45) is 0 Å². The number of rotatable bonds is 7. The molecular formula is C14H22N2O2. The van der Waals surface area contributed by atoms with Crippen LogP contribution >= 0.6 is 0 Å². The van der Waals surface area contributed by atoms with Crippen LogP contribution in [0.4, 0.5) is 10.5 Å². The van der Waals surface area contributed by atoms with Gasteiger partial charge >= 0.3 is 6.03 Å². The van der Waals surface area contributed by atoms with E-state index >= 15 is 0 Å². The van der Waals surface area contributed by atoms with E-state index in [4.69, 9.17) is 4.74 Å². The Bertz CT molecular complexity index is 349. The largest absolute Gasteiger partial charge is 0.497 e. The van der Waals surface area contributed by atoms with Gasteiger partial charge in [0.25, 0.3) is 0 Å². The zero-order valence-electron chi connectivity index (χ0n) is 11.2. The number of carbonyl (C=O) groups excluding carboxylic acids is 1. The molecule has 0 fully saturated rings. The molecule has 1 rings (SSSR count). The van der Waals surface area contributed by atoms with Crippen LogP contribution in [0, 0.1) is 0 Å². The van der Waals surface area contributed by atoms with Crippen LogP contribution in [0.5, 0.6) is 5.75 Å². The molecule has 0 aliphatic heterocycles. The Balaban J connectivity index is 2.22. The summed E-state index contributed by atoms with van der Waals surface area (Å²) in [5.41, 5.74) is 0.766. The number of amides is 2. The summed E-state index contributed by atoms with van der Waals surface area (Å²) in [4.78, 5) is 11.5. The molecular weight excluding hydrogens is 228 g/mol. The molecule has 100 valence electrons. The summed E-state index contributed by atoms with van der Waals surface area (Å²) in [5, 5.41) is 5.62. The number of urea groups is 1. The molecule has 0 saturated carbocycles. The first-order valence-corrected chi connectivity index (χ1v) is 6.45. The number of hydrogen-bond donors (Lipinski definition) is 2. The Hall–Kier alpha value is -1.71. The van der Waals surface area contributed by atoms with Crippen molar-refractivity contribution < 1.29 is 9.53 Å². The van der Waals surface area contributed by atoms with E-state index in [1.165, 1.54) is 19.3 Å². The van der Waals surface area contributed by atoms with Crippen LogP contribution in [0.15, 0.2) is 24.3 Å². The van der Waals surface area contributed by atoms with Crippen LogP contribution in [0.3, 0.4) is 0 Å². The lowest BCUT2D eigenvalue weighted by molar-refractivity contribution is 0.252. The number of carbonyl (C=O) groups is 1. The molecule has 4 nitrogen and oxygen atoms in total. The lowest BCUT2D eigenvalue weighted by Crippen LogP contribution is -2.29. The number of nitrogens with one attached hydrogen (secondary N) is 2. The summed E-state index contributed by atoms with van der Waals surface area (Å²) in [5.74, 6) is 0.778. The molecule has 2 N–H and O–H groups in total. The second kappa shape index (κ2) is 8.39. The van der Waals surface area contributed by atoms with Gasteiger partial charge in [-0.2, -0.15) is 0 Å². The van der Waals surface area contributed by atoms with Gasteiger partial charge in [-0.05, 0) is 30.7 Å². The molecule has 0 aliphatic rings. The summed E-state index contributed by atoms with van der Waals surface area (Å²) < 4.78 is 5.05. The summed E-state index contributed by atoms with van der Waals surface area (Å²) >= 11 is 0. The number of unbranched alkanes of at least 4 members (excludes halogenated alkanes) is 3. The van der Waals surface area contributed by atoms with Crippen molar-refractivity contribution in [2.75, 3.05) is 19.0 Å². The van der Waals surface area contributed by atoms with E-state index in [-0.39, 0.29) is 6.03 Å². The standard InChI is InChI=1S/C14H22N2O2/c1-3-4-5-6-11-15-14(17)16-12-7-9-13(18-2)10-8-12/h7-10H,3-6,11H2,1-2H3,(H2,15,16,17). The molecule has 0 bridgehead atoms. The lowest BCUT2D eigenvalue weighted by Gasteiger charge is -2.08. The Labute approximate surface area is 109 Å². The predicted octanol–water partition coefficient (Wildman–Crippen LogP) is 3.40. The minimum atomic E-state index is -0.156. The Kier molecular flexibility index (Phi) is 6.69. The van der Waals surface area contributed by atoms with E-state index in [0.717, 1.165) is 24.4 Å². The van der Waals surface area contributed by atoms with Crippen LogP contribution in [-0.2, 0) is 0 Å². The first-order valence-electron chi connectivity index (χ1n) is 6.45. The van der Waals surface area contributed by atoms with Gasteiger partial charge < -0.3 is 15.4 Å². The fourth-order valence-electron chi connectivity index (χ4n) is 1.60. The minimum Gasteiger partial charge on any atom is -0.497 e. The minimum absolute atomic E-state index is 0.156. The van der Waals surface area contributed by atoms with Crippen LogP contribution in [0.2, 0.25) is 0 Å². The van der Waals surface area contributed by atoms with E-state index in [0.29, 0.717) is 0 Å². The van der Waals surface area contributed by atoms with Gasteiger partial charge in [0.1, 0.15) is 5.75 Å². The third-order valence-corrected chi connectivity index (χ3v) is 2.66. The topological polar surface area (TPSA) is 50.4 Å². The molecule has 0 atom stereocenters. The fraction of sp³-hybridized carbons (Fsp3) is 0.500. The highest BCUT2D eigenvalue weighted by Gasteiger charge is 2.00. The number of ether oxygens (including phenoxy) is 1. The van der Waals surface area contributed by atoms with E-state index in [1.54, 1.807) is 7.11 Å². The maximum absolute atomic E-state index is 11.5. The van der Waals surface area contributed by atoms with Crippen molar-refractivity contribution in [3.63, 3.8) is 0 Å². The van der Waals surface area contributed by atoms with Gasteiger partial charge in [0.05, 0.1) is 7.11 Å². The smallest absolute Gasteiger partial charge is 0.319 e. The molecule has 1 aromatic rings. The molecule has 0 unspecified atom stereocenters. The van der Waals surface area contributed by atoms with Gasteiger partial charge in [-0.25, -0.2) is 4.79 Å². The highest BCUT2D eigenvalue weighted by Crippen LogP contribution is 2.14. The summed E-state index contributed by atoms with van der Waals surface area (Å²) in [6, 6.07) is 7.11. The van der Waals surface area contributed by atoms with Gasteiger partial charge in [0.15, 0.2) is 0 Å². The molecule has 0 aliphatic carbocycles. The number of benzene rings is 1. The average Bonchev–Trinajstić information content (AvgIpc) is 2.39. The maximum atomic E-state index is 11.5. The molecule has 0 aromatic heterocycles. The third-order valence-electron chi connectivity index (χ3n) is 2.66. The first kappa shape index (κ1) is 14.4. The van der Waals surface area contributed by atoms with Gasteiger partial charge in [-0.3, -0.25) is 0 Å². The third kappa shape index (κ3) is 5.57. The highest BCUT2D eigenvalue weighted by molar-refractivity contribution is 5.89. The lowest BCUT2D eigenvalue weighted by atomic mass is 10.2. The number of hydrogen-bond acceptors (Lipinski definition) is 2. The van der Waals surface area contributed by atoms with Gasteiger partial charge in [0.2, 0.25) is 0 Å². The van der Waals surface area contributed by atoms with E-state index in [2.05, 4.69) is 17.6 Å². The first-order chi connectivity index (χ1) is 8.76. The summed E-state index contributed by atoms with van der Waals surface area (Å²) in [7, 11) is 1.62.